The molecule has 0 saturated carbocycles. The maximum atomic E-state index is 13.3. The molecule has 1 heterocycles. The summed E-state index contributed by atoms with van der Waals surface area (Å²) in [5.74, 6) is -1.49. The normalized spacial score (nSPS) is 10.4. The Balaban J connectivity index is 2.03. The highest BCUT2D eigenvalue weighted by Crippen LogP contribution is 2.11. The highest BCUT2D eigenvalue weighted by atomic mass is 32.1. The van der Waals surface area contributed by atoms with Crippen molar-refractivity contribution in [3.8, 4) is 0 Å². The SMILES string of the molecule is Cc1nc(C(=O)NCc2cc(F)ccc2F)cs1. The zero-order valence-corrected chi connectivity index (χ0v) is 10.4. The monoisotopic (exact) mass is 268 g/mol. The van der Waals surface area contributed by atoms with E-state index in [1.54, 1.807) is 12.3 Å². The fraction of sp³-hybridized carbons (Fsp3) is 0.167. The summed E-state index contributed by atoms with van der Waals surface area (Å²) in [6.07, 6.45) is 0. The van der Waals surface area contributed by atoms with Gasteiger partial charge in [0.25, 0.3) is 5.91 Å². The van der Waals surface area contributed by atoms with Gasteiger partial charge in [0, 0.05) is 17.5 Å². The van der Waals surface area contributed by atoms with Gasteiger partial charge in [-0.25, -0.2) is 13.8 Å². The average Bonchev–Trinajstić information content (AvgIpc) is 2.77. The number of carbonyl (C=O) groups is 1. The molecule has 0 aliphatic rings. The first kappa shape index (κ1) is 12.6. The van der Waals surface area contributed by atoms with Gasteiger partial charge in [-0.2, -0.15) is 0 Å². The number of rotatable bonds is 3. The molecule has 2 rings (SSSR count). The molecular formula is C12H10F2N2OS. The minimum atomic E-state index is -0.550. The van der Waals surface area contributed by atoms with E-state index in [0.717, 1.165) is 23.2 Å². The number of carbonyl (C=O) groups excluding carboxylic acids is 1. The van der Waals surface area contributed by atoms with E-state index in [1.165, 1.54) is 11.3 Å². The van der Waals surface area contributed by atoms with Crippen LogP contribution in [0, 0.1) is 18.6 Å². The topological polar surface area (TPSA) is 42.0 Å². The smallest absolute Gasteiger partial charge is 0.271 e. The first-order valence-corrected chi connectivity index (χ1v) is 6.08. The molecule has 0 spiro atoms. The second kappa shape index (κ2) is 5.22. The Morgan fingerprint density at radius 3 is 2.89 bits per heavy atom. The van der Waals surface area contributed by atoms with E-state index in [0.29, 0.717) is 0 Å². The predicted molar refractivity (Wildman–Crippen MR) is 64.4 cm³/mol. The minimum Gasteiger partial charge on any atom is -0.346 e. The van der Waals surface area contributed by atoms with Crippen molar-refractivity contribution in [2.24, 2.45) is 0 Å². The minimum absolute atomic E-state index is 0.0704. The first-order valence-electron chi connectivity index (χ1n) is 5.20. The molecule has 0 saturated heterocycles. The van der Waals surface area contributed by atoms with Crippen LogP contribution < -0.4 is 5.32 Å². The van der Waals surface area contributed by atoms with Gasteiger partial charge in [-0.05, 0) is 25.1 Å². The van der Waals surface area contributed by atoms with Gasteiger partial charge in [0.1, 0.15) is 17.3 Å². The third-order valence-corrected chi connectivity index (χ3v) is 3.07. The van der Waals surface area contributed by atoms with Crippen molar-refractivity contribution in [3.05, 3.63) is 51.5 Å². The number of hydrogen-bond acceptors (Lipinski definition) is 3. The van der Waals surface area contributed by atoms with E-state index < -0.39 is 17.5 Å². The second-order valence-electron chi connectivity index (χ2n) is 3.67. The molecule has 0 radical (unpaired) electrons. The number of nitrogens with one attached hydrogen (secondary N) is 1. The molecule has 3 nitrogen and oxygen atoms in total. The third-order valence-electron chi connectivity index (χ3n) is 2.30. The van der Waals surface area contributed by atoms with E-state index in [1.807, 2.05) is 0 Å². The number of aromatic nitrogens is 1. The Bertz CT molecular complexity index is 583. The van der Waals surface area contributed by atoms with Gasteiger partial charge in [0.2, 0.25) is 0 Å². The Labute approximate surface area is 106 Å². The standard InChI is InChI=1S/C12H10F2N2OS/c1-7-16-11(6-18-7)12(17)15-5-8-4-9(13)2-3-10(8)14/h2-4,6H,5H2,1H3,(H,15,17). The average molecular weight is 268 g/mol. The van der Waals surface area contributed by atoms with Crippen LogP contribution in [0.25, 0.3) is 0 Å². The first-order chi connectivity index (χ1) is 8.56. The van der Waals surface area contributed by atoms with Crippen LogP contribution in [0.3, 0.4) is 0 Å². The van der Waals surface area contributed by atoms with Gasteiger partial charge in [0.05, 0.1) is 5.01 Å². The summed E-state index contributed by atoms with van der Waals surface area (Å²) in [6, 6.07) is 3.12. The highest BCUT2D eigenvalue weighted by Gasteiger charge is 2.10. The number of thiazole rings is 1. The fourth-order valence-electron chi connectivity index (χ4n) is 1.41. The van der Waals surface area contributed by atoms with Gasteiger partial charge < -0.3 is 5.32 Å². The number of benzene rings is 1. The van der Waals surface area contributed by atoms with Crippen molar-refractivity contribution in [2.45, 2.75) is 13.5 Å². The number of hydrogen-bond donors (Lipinski definition) is 1. The highest BCUT2D eigenvalue weighted by molar-refractivity contribution is 7.09. The second-order valence-corrected chi connectivity index (χ2v) is 4.73. The van der Waals surface area contributed by atoms with Gasteiger partial charge >= 0.3 is 0 Å². The molecule has 94 valence electrons. The maximum absolute atomic E-state index is 13.3. The van der Waals surface area contributed by atoms with Gasteiger partial charge in [-0.15, -0.1) is 11.3 Å². The van der Waals surface area contributed by atoms with Gasteiger partial charge in [-0.1, -0.05) is 0 Å². The summed E-state index contributed by atoms with van der Waals surface area (Å²) in [4.78, 5) is 15.6. The Hall–Kier alpha value is -1.82. The Morgan fingerprint density at radius 1 is 1.44 bits per heavy atom. The van der Waals surface area contributed by atoms with Crippen molar-refractivity contribution in [2.75, 3.05) is 0 Å². The van der Waals surface area contributed by atoms with Crippen LogP contribution in [0.1, 0.15) is 21.1 Å². The zero-order valence-electron chi connectivity index (χ0n) is 9.54. The molecule has 2 aromatic rings. The van der Waals surface area contributed by atoms with E-state index in [9.17, 15) is 13.6 Å². The summed E-state index contributed by atoms with van der Waals surface area (Å²) in [5.41, 5.74) is 0.393. The summed E-state index contributed by atoms with van der Waals surface area (Å²) >= 11 is 1.35. The molecule has 0 atom stereocenters. The van der Waals surface area contributed by atoms with E-state index in [-0.39, 0.29) is 17.8 Å². The molecule has 1 amide bonds. The van der Waals surface area contributed by atoms with Gasteiger partial charge in [0.15, 0.2) is 0 Å². The molecule has 0 aliphatic heterocycles. The number of nitrogens with zero attached hydrogens (tertiary/aromatic N) is 1. The molecule has 0 fully saturated rings. The predicted octanol–water partition coefficient (Wildman–Crippen LogP) is 2.66. The molecule has 18 heavy (non-hydrogen) atoms. The largest absolute Gasteiger partial charge is 0.346 e. The van der Waals surface area contributed by atoms with Crippen LogP contribution in [0.4, 0.5) is 8.78 Å². The lowest BCUT2D eigenvalue weighted by Gasteiger charge is -2.04. The summed E-state index contributed by atoms with van der Waals surface area (Å²) in [5, 5.41) is 4.89. The molecule has 0 aliphatic carbocycles. The molecule has 1 aromatic carbocycles. The number of halogens is 2. The summed E-state index contributed by atoms with van der Waals surface area (Å²) < 4.78 is 26.2. The molecule has 1 aromatic heterocycles. The van der Waals surface area contributed by atoms with Crippen LogP contribution in [-0.4, -0.2) is 10.9 Å². The van der Waals surface area contributed by atoms with Crippen molar-refractivity contribution in [3.63, 3.8) is 0 Å². The molecule has 1 N–H and O–H groups in total. The van der Waals surface area contributed by atoms with E-state index in [4.69, 9.17) is 0 Å². The zero-order chi connectivity index (χ0) is 13.1. The Kier molecular flexibility index (Phi) is 3.66. The lowest BCUT2D eigenvalue weighted by atomic mass is 10.2. The molecular weight excluding hydrogens is 258 g/mol. The maximum Gasteiger partial charge on any atom is 0.271 e. The van der Waals surface area contributed by atoms with Crippen molar-refractivity contribution < 1.29 is 13.6 Å². The molecule has 0 unspecified atom stereocenters. The van der Waals surface area contributed by atoms with Crippen LogP contribution in [0.5, 0.6) is 0 Å². The lowest BCUT2D eigenvalue weighted by molar-refractivity contribution is 0.0946. The lowest BCUT2D eigenvalue weighted by Crippen LogP contribution is -2.23. The van der Waals surface area contributed by atoms with Crippen molar-refractivity contribution in [1.29, 1.82) is 0 Å². The number of aryl methyl sites for hydroxylation is 1. The third kappa shape index (κ3) is 2.89. The molecule has 0 bridgehead atoms. The number of amides is 1. The molecule has 6 heteroatoms. The van der Waals surface area contributed by atoms with Gasteiger partial charge in [-0.3, -0.25) is 4.79 Å². The van der Waals surface area contributed by atoms with Crippen LogP contribution in [0.15, 0.2) is 23.6 Å². The van der Waals surface area contributed by atoms with Crippen LogP contribution in [-0.2, 0) is 6.54 Å². The quantitative estimate of drug-likeness (QED) is 0.929. The van der Waals surface area contributed by atoms with Crippen molar-refractivity contribution >= 4 is 17.2 Å². The van der Waals surface area contributed by atoms with E-state index in [2.05, 4.69) is 10.3 Å². The van der Waals surface area contributed by atoms with E-state index >= 15 is 0 Å². The van der Waals surface area contributed by atoms with Crippen LogP contribution >= 0.6 is 11.3 Å². The summed E-state index contributed by atoms with van der Waals surface area (Å²) in [7, 11) is 0. The van der Waals surface area contributed by atoms with Crippen LogP contribution in [0.2, 0.25) is 0 Å². The fourth-order valence-corrected chi connectivity index (χ4v) is 2.01. The summed E-state index contributed by atoms with van der Waals surface area (Å²) in [6.45, 7) is 1.71. The Morgan fingerprint density at radius 2 is 2.22 bits per heavy atom. The van der Waals surface area contributed by atoms with Crippen molar-refractivity contribution in [1.82, 2.24) is 10.3 Å².